The second-order valence-corrected chi connectivity index (χ2v) is 4.11. The predicted octanol–water partition coefficient (Wildman–Crippen LogP) is 2.29. The van der Waals surface area contributed by atoms with Crippen LogP contribution in [0, 0.1) is 0 Å². The molecule has 0 radical (unpaired) electrons. The smallest absolute Gasteiger partial charge is 0.0615 e. The fraction of sp³-hybridized carbons (Fsp3) is 1.00. The minimum absolute atomic E-state index is 0.600. The highest BCUT2D eigenvalue weighted by molar-refractivity contribution is 4.68. The highest BCUT2D eigenvalue weighted by atomic mass is 16.5. The van der Waals surface area contributed by atoms with Crippen molar-refractivity contribution in [3.8, 4) is 0 Å². The van der Waals surface area contributed by atoms with Crippen LogP contribution in [0.5, 0.6) is 0 Å². The van der Waals surface area contributed by atoms with Crippen LogP contribution in [0.2, 0.25) is 0 Å². The Bertz CT molecular complexity index is 119. The van der Waals surface area contributed by atoms with Gasteiger partial charge in [-0.05, 0) is 32.9 Å². The second kappa shape index (κ2) is 6.39. The molecule has 13 heavy (non-hydrogen) atoms. The summed E-state index contributed by atoms with van der Waals surface area (Å²) in [5.74, 6) is 0. The fourth-order valence-corrected chi connectivity index (χ4v) is 2.06. The monoisotopic (exact) mass is 185 g/mol. The standard InChI is InChI=1S/C11H23NO/c1-11(10-13-2)12-8-6-4-3-5-7-9-12/h11H,3-10H2,1-2H3. The van der Waals surface area contributed by atoms with Gasteiger partial charge in [0, 0.05) is 13.2 Å². The molecule has 1 rings (SSSR count). The maximum atomic E-state index is 5.19. The van der Waals surface area contributed by atoms with Crippen LogP contribution in [0.3, 0.4) is 0 Å². The number of rotatable bonds is 3. The second-order valence-electron chi connectivity index (χ2n) is 4.11. The molecule has 78 valence electrons. The summed E-state index contributed by atoms with van der Waals surface area (Å²) in [6.45, 7) is 5.68. The average molecular weight is 185 g/mol. The van der Waals surface area contributed by atoms with E-state index in [1.165, 1.54) is 45.2 Å². The van der Waals surface area contributed by atoms with Crippen molar-refractivity contribution >= 4 is 0 Å². The van der Waals surface area contributed by atoms with E-state index < -0.39 is 0 Å². The molecule has 0 aromatic heterocycles. The van der Waals surface area contributed by atoms with E-state index in [4.69, 9.17) is 4.74 Å². The highest BCUT2D eigenvalue weighted by Crippen LogP contribution is 2.12. The molecule has 0 aromatic carbocycles. The van der Waals surface area contributed by atoms with Crippen molar-refractivity contribution in [2.45, 2.75) is 45.1 Å². The van der Waals surface area contributed by atoms with Gasteiger partial charge in [0.1, 0.15) is 0 Å². The number of methoxy groups -OCH3 is 1. The zero-order chi connectivity index (χ0) is 9.52. The summed E-state index contributed by atoms with van der Waals surface area (Å²) in [6.07, 6.45) is 7.00. The molecule has 1 fully saturated rings. The summed E-state index contributed by atoms with van der Waals surface area (Å²) in [4.78, 5) is 2.57. The van der Waals surface area contributed by atoms with Gasteiger partial charge in [-0.25, -0.2) is 0 Å². The summed E-state index contributed by atoms with van der Waals surface area (Å²) in [5.41, 5.74) is 0. The minimum Gasteiger partial charge on any atom is -0.383 e. The van der Waals surface area contributed by atoms with Crippen LogP contribution in [0.4, 0.5) is 0 Å². The maximum absolute atomic E-state index is 5.19. The van der Waals surface area contributed by atoms with Gasteiger partial charge >= 0.3 is 0 Å². The molecule has 0 saturated carbocycles. The quantitative estimate of drug-likeness (QED) is 0.669. The minimum atomic E-state index is 0.600. The van der Waals surface area contributed by atoms with Crippen LogP contribution in [0.1, 0.15) is 39.0 Å². The van der Waals surface area contributed by atoms with Crippen molar-refractivity contribution in [1.82, 2.24) is 4.90 Å². The first kappa shape index (κ1) is 11.0. The first-order chi connectivity index (χ1) is 6.34. The Morgan fingerprint density at radius 2 is 1.62 bits per heavy atom. The highest BCUT2D eigenvalue weighted by Gasteiger charge is 2.13. The summed E-state index contributed by atoms with van der Waals surface area (Å²) < 4.78 is 5.19. The molecule has 0 N–H and O–H groups in total. The van der Waals surface area contributed by atoms with Gasteiger partial charge in [0.15, 0.2) is 0 Å². The predicted molar refractivity (Wildman–Crippen MR) is 56.0 cm³/mol. The summed E-state index contributed by atoms with van der Waals surface area (Å²) in [5, 5.41) is 0. The number of hydrogen-bond acceptors (Lipinski definition) is 2. The van der Waals surface area contributed by atoms with Crippen molar-refractivity contribution in [2.75, 3.05) is 26.8 Å². The Balaban J connectivity index is 2.27. The van der Waals surface area contributed by atoms with Crippen LogP contribution in [-0.4, -0.2) is 37.7 Å². The lowest BCUT2D eigenvalue weighted by Gasteiger charge is -2.30. The van der Waals surface area contributed by atoms with E-state index in [-0.39, 0.29) is 0 Å². The molecule has 1 unspecified atom stereocenters. The first-order valence-corrected chi connectivity index (χ1v) is 5.57. The number of likely N-dealkylation sites (tertiary alicyclic amines) is 1. The summed E-state index contributed by atoms with van der Waals surface area (Å²) >= 11 is 0. The molecular weight excluding hydrogens is 162 g/mol. The molecule has 1 aliphatic heterocycles. The lowest BCUT2D eigenvalue weighted by Crippen LogP contribution is -2.38. The molecule has 0 aromatic rings. The van der Waals surface area contributed by atoms with Gasteiger partial charge in [-0.15, -0.1) is 0 Å². The van der Waals surface area contributed by atoms with Crippen LogP contribution in [0.25, 0.3) is 0 Å². The fourth-order valence-electron chi connectivity index (χ4n) is 2.06. The maximum Gasteiger partial charge on any atom is 0.0615 e. The number of ether oxygens (including phenoxy) is 1. The normalized spacial score (nSPS) is 23.5. The topological polar surface area (TPSA) is 12.5 Å². The van der Waals surface area contributed by atoms with Crippen molar-refractivity contribution in [3.63, 3.8) is 0 Å². The van der Waals surface area contributed by atoms with Gasteiger partial charge in [0.25, 0.3) is 0 Å². The molecule has 0 amide bonds. The SMILES string of the molecule is COCC(C)N1CCCCCCC1. The Labute approximate surface area is 82.3 Å². The molecule has 2 nitrogen and oxygen atoms in total. The van der Waals surface area contributed by atoms with Crippen molar-refractivity contribution in [2.24, 2.45) is 0 Å². The molecule has 1 aliphatic rings. The number of nitrogens with zero attached hydrogens (tertiary/aromatic N) is 1. The van der Waals surface area contributed by atoms with E-state index in [0.29, 0.717) is 6.04 Å². The Morgan fingerprint density at radius 1 is 1.08 bits per heavy atom. The molecule has 1 atom stereocenters. The van der Waals surface area contributed by atoms with E-state index in [9.17, 15) is 0 Å². The molecule has 0 aliphatic carbocycles. The largest absolute Gasteiger partial charge is 0.383 e. The summed E-state index contributed by atoms with van der Waals surface area (Å²) in [6, 6.07) is 0.600. The Hall–Kier alpha value is -0.0800. The van der Waals surface area contributed by atoms with Crippen molar-refractivity contribution < 1.29 is 4.74 Å². The lowest BCUT2D eigenvalue weighted by molar-refractivity contribution is 0.0935. The van der Waals surface area contributed by atoms with Crippen LogP contribution < -0.4 is 0 Å². The Kier molecular flexibility index (Phi) is 5.40. The molecule has 1 saturated heterocycles. The third-order valence-corrected chi connectivity index (χ3v) is 2.92. The van der Waals surface area contributed by atoms with Crippen molar-refractivity contribution in [3.05, 3.63) is 0 Å². The van der Waals surface area contributed by atoms with Crippen LogP contribution in [-0.2, 0) is 4.74 Å². The third-order valence-electron chi connectivity index (χ3n) is 2.92. The molecular formula is C11H23NO. The molecule has 0 bridgehead atoms. The van der Waals surface area contributed by atoms with E-state index in [1.807, 2.05) is 0 Å². The van der Waals surface area contributed by atoms with E-state index in [1.54, 1.807) is 7.11 Å². The average Bonchev–Trinajstić information content (AvgIpc) is 2.03. The zero-order valence-corrected chi connectivity index (χ0v) is 9.09. The van der Waals surface area contributed by atoms with E-state index >= 15 is 0 Å². The van der Waals surface area contributed by atoms with Gasteiger partial charge in [-0.2, -0.15) is 0 Å². The van der Waals surface area contributed by atoms with Gasteiger partial charge in [0.2, 0.25) is 0 Å². The molecule has 2 heteroatoms. The lowest BCUT2D eigenvalue weighted by atomic mass is 10.1. The molecule has 1 heterocycles. The van der Waals surface area contributed by atoms with Crippen molar-refractivity contribution in [1.29, 1.82) is 0 Å². The van der Waals surface area contributed by atoms with Gasteiger partial charge in [-0.3, -0.25) is 4.90 Å². The van der Waals surface area contributed by atoms with Crippen LogP contribution in [0.15, 0.2) is 0 Å². The molecule has 0 spiro atoms. The Morgan fingerprint density at radius 3 is 2.15 bits per heavy atom. The van der Waals surface area contributed by atoms with E-state index in [2.05, 4.69) is 11.8 Å². The summed E-state index contributed by atoms with van der Waals surface area (Å²) in [7, 11) is 1.79. The van der Waals surface area contributed by atoms with E-state index in [0.717, 1.165) is 6.61 Å². The first-order valence-electron chi connectivity index (χ1n) is 5.57. The third kappa shape index (κ3) is 4.10. The van der Waals surface area contributed by atoms with Crippen LogP contribution >= 0.6 is 0 Å². The number of hydrogen-bond donors (Lipinski definition) is 0. The van der Waals surface area contributed by atoms with Gasteiger partial charge < -0.3 is 4.74 Å². The van der Waals surface area contributed by atoms with Gasteiger partial charge in [0.05, 0.1) is 6.61 Å². The van der Waals surface area contributed by atoms with Gasteiger partial charge in [-0.1, -0.05) is 19.3 Å². The zero-order valence-electron chi connectivity index (χ0n) is 9.09.